The summed E-state index contributed by atoms with van der Waals surface area (Å²) in [5, 5.41) is 7.56. The summed E-state index contributed by atoms with van der Waals surface area (Å²) in [5.41, 5.74) is 3.54. The van der Waals surface area contributed by atoms with Crippen LogP contribution in [-0.4, -0.2) is 22.1 Å². The van der Waals surface area contributed by atoms with Crippen LogP contribution in [0.2, 0.25) is 0 Å². The zero-order valence-electron chi connectivity index (χ0n) is 9.26. The van der Waals surface area contributed by atoms with E-state index in [9.17, 15) is 0 Å². The van der Waals surface area contributed by atoms with E-state index >= 15 is 0 Å². The van der Waals surface area contributed by atoms with Crippen LogP contribution in [0.15, 0.2) is 23.5 Å². The molecule has 1 aliphatic rings. The van der Waals surface area contributed by atoms with Crippen LogP contribution in [0.5, 0.6) is 0 Å². The molecule has 0 spiro atoms. The minimum absolute atomic E-state index is 0.396. The summed E-state index contributed by atoms with van der Waals surface area (Å²) in [6.07, 6.45) is 9.48. The van der Waals surface area contributed by atoms with Gasteiger partial charge in [0.05, 0.1) is 18.4 Å². The highest BCUT2D eigenvalue weighted by Gasteiger charge is 2.13. The lowest BCUT2D eigenvalue weighted by Crippen LogP contribution is -2.32. The number of hydrazine groups is 1. The topological polar surface area (TPSA) is 76.2 Å². The van der Waals surface area contributed by atoms with Gasteiger partial charge >= 0.3 is 0 Å². The van der Waals surface area contributed by atoms with Gasteiger partial charge in [-0.15, -0.1) is 0 Å². The van der Waals surface area contributed by atoms with E-state index in [1.54, 1.807) is 12.4 Å². The Balaban J connectivity index is 2.12. The first-order valence-electron chi connectivity index (χ1n) is 5.71. The van der Waals surface area contributed by atoms with Crippen molar-refractivity contribution in [3.05, 3.63) is 24.0 Å². The van der Waals surface area contributed by atoms with Gasteiger partial charge in [0, 0.05) is 5.56 Å². The lowest BCUT2D eigenvalue weighted by atomic mass is 9.96. The molecule has 2 rings (SSSR count). The third kappa shape index (κ3) is 2.76. The molecule has 1 fully saturated rings. The van der Waals surface area contributed by atoms with E-state index in [4.69, 9.17) is 5.84 Å². The van der Waals surface area contributed by atoms with Crippen molar-refractivity contribution >= 4 is 5.84 Å². The molecule has 0 bridgehead atoms. The van der Waals surface area contributed by atoms with Gasteiger partial charge in [0.2, 0.25) is 0 Å². The number of rotatable bonds is 2. The molecule has 1 aromatic rings. The first-order valence-corrected chi connectivity index (χ1v) is 5.71. The van der Waals surface area contributed by atoms with Crippen molar-refractivity contribution in [2.75, 3.05) is 0 Å². The number of amidine groups is 1. The summed E-state index contributed by atoms with van der Waals surface area (Å²) in [5.74, 6) is 6.20. The maximum Gasteiger partial charge on any atom is 0.144 e. The molecule has 86 valence electrons. The Labute approximate surface area is 95.1 Å². The van der Waals surface area contributed by atoms with E-state index in [1.807, 2.05) is 6.07 Å². The van der Waals surface area contributed by atoms with Gasteiger partial charge in [0.1, 0.15) is 5.84 Å². The van der Waals surface area contributed by atoms with Crippen LogP contribution in [0.1, 0.15) is 37.7 Å². The molecule has 0 saturated heterocycles. The summed E-state index contributed by atoms with van der Waals surface area (Å²) in [6, 6.07) is 2.25. The van der Waals surface area contributed by atoms with Crippen LogP contribution in [0, 0.1) is 0 Å². The van der Waals surface area contributed by atoms with Crippen molar-refractivity contribution in [2.45, 2.75) is 38.1 Å². The largest absolute Gasteiger partial charge is 0.308 e. The Morgan fingerprint density at radius 1 is 1.31 bits per heavy atom. The first-order chi connectivity index (χ1) is 7.90. The zero-order chi connectivity index (χ0) is 11.2. The predicted molar refractivity (Wildman–Crippen MR) is 62.8 cm³/mol. The number of hydrogen-bond acceptors (Lipinski definition) is 4. The number of nitrogens with zero attached hydrogens (tertiary/aromatic N) is 3. The molecular formula is C11H17N5. The number of nitrogens with two attached hydrogens (primary N) is 1. The lowest BCUT2D eigenvalue weighted by molar-refractivity contribution is 0.442. The van der Waals surface area contributed by atoms with Gasteiger partial charge < -0.3 is 5.43 Å². The van der Waals surface area contributed by atoms with Gasteiger partial charge in [0.15, 0.2) is 0 Å². The average Bonchev–Trinajstić information content (AvgIpc) is 2.38. The fraction of sp³-hybridized carbons (Fsp3) is 0.545. The number of hydrogen-bond donors (Lipinski definition) is 2. The molecule has 1 saturated carbocycles. The third-order valence-corrected chi connectivity index (χ3v) is 2.88. The summed E-state index contributed by atoms with van der Waals surface area (Å²) in [4.78, 5) is 4.64. The zero-order valence-corrected chi connectivity index (χ0v) is 9.26. The number of aromatic nitrogens is 2. The molecule has 3 N–H and O–H groups in total. The van der Waals surface area contributed by atoms with Crippen LogP contribution in [0.3, 0.4) is 0 Å². The molecule has 0 unspecified atom stereocenters. The van der Waals surface area contributed by atoms with Gasteiger partial charge in [-0.2, -0.15) is 10.2 Å². The van der Waals surface area contributed by atoms with Crippen molar-refractivity contribution < 1.29 is 0 Å². The van der Waals surface area contributed by atoms with Crippen molar-refractivity contribution in [3.63, 3.8) is 0 Å². The minimum Gasteiger partial charge on any atom is -0.308 e. The van der Waals surface area contributed by atoms with E-state index in [0.29, 0.717) is 11.9 Å². The van der Waals surface area contributed by atoms with E-state index in [-0.39, 0.29) is 0 Å². The summed E-state index contributed by atoms with van der Waals surface area (Å²) in [7, 11) is 0. The fourth-order valence-corrected chi connectivity index (χ4v) is 2.02. The second-order valence-electron chi connectivity index (χ2n) is 4.04. The van der Waals surface area contributed by atoms with Gasteiger partial charge in [-0.05, 0) is 18.9 Å². The standard InChI is InChI=1S/C11H17N5/c12-16-11(9-6-7-13-14-8-9)15-10-4-2-1-3-5-10/h6-8,10H,1-5,12H2,(H,15,16). The van der Waals surface area contributed by atoms with Crippen LogP contribution in [-0.2, 0) is 0 Å². The molecule has 0 amide bonds. The average molecular weight is 219 g/mol. The summed E-state index contributed by atoms with van der Waals surface area (Å²) in [6.45, 7) is 0. The van der Waals surface area contributed by atoms with E-state index < -0.39 is 0 Å². The molecule has 1 heterocycles. The molecular weight excluding hydrogens is 202 g/mol. The van der Waals surface area contributed by atoms with Crippen molar-refractivity contribution in [1.82, 2.24) is 15.6 Å². The van der Waals surface area contributed by atoms with Crippen molar-refractivity contribution in [3.8, 4) is 0 Å². The maximum absolute atomic E-state index is 5.49. The highest BCUT2D eigenvalue weighted by atomic mass is 15.3. The Kier molecular flexibility index (Phi) is 3.82. The molecule has 5 heteroatoms. The van der Waals surface area contributed by atoms with Crippen LogP contribution in [0.25, 0.3) is 0 Å². The van der Waals surface area contributed by atoms with Gasteiger partial charge in [-0.1, -0.05) is 19.3 Å². The van der Waals surface area contributed by atoms with E-state index in [0.717, 1.165) is 18.4 Å². The second-order valence-corrected chi connectivity index (χ2v) is 4.04. The second kappa shape index (κ2) is 5.55. The Morgan fingerprint density at radius 3 is 2.75 bits per heavy atom. The molecule has 0 aromatic carbocycles. The highest BCUT2D eigenvalue weighted by Crippen LogP contribution is 2.20. The van der Waals surface area contributed by atoms with Crippen LogP contribution in [0.4, 0.5) is 0 Å². The third-order valence-electron chi connectivity index (χ3n) is 2.88. The maximum atomic E-state index is 5.49. The quantitative estimate of drug-likeness (QED) is 0.337. The van der Waals surface area contributed by atoms with Gasteiger partial charge in [-0.3, -0.25) is 4.99 Å². The summed E-state index contributed by atoms with van der Waals surface area (Å²) >= 11 is 0. The molecule has 1 aromatic heterocycles. The molecule has 5 nitrogen and oxygen atoms in total. The van der Waals surface area contributed by atoms with Crippen LogP contribution >= 0.6 is 0 Å². The lowest BCUT2D eigenvalue weighted by Gasteiger charge is -2.19. The number of nitrogens with one attached hydrogen (secondary N) is 1. The smallest absolute Gasteiger partial charge is 0.144 e. The summed E-state index contributed by atoms with van der Waals surface area (Å²) < 4.78 is 0. The Hall–Kier alpha value is -1.49. The van der Waals surface area contributed by atoms with Crippen molar-refractivity contribution in [2.24, 2.45) is 10.8 Å². The molecule has 0 atom stereocenters. The van der Waals surface area contributed by atoms with Gasteiger partial charge in [0.25, 0.3) is 0 Å². The van der Waals surface area contributed by atoms with Crippen molar-refractivity contribution in [1.29, 1.82) is 0 Å². The fourth-order valence-electron chi connectivity index (χ4n) is 2.02. The Bertz CT molecular complexity index is 343. The SMILES string of the molecule is NNC(=NC1CCCCC1)c1ccnnc1. The molecule has 1 aliphatic carbocycles. The normalized spacial score (nSPS) is 18.4. The van der Waals surface area contributed by atoms with E-state index in [2.05, 4.69) is 20.6 Å². The molecule has 0 aliphatic heterocycles. The van der Waals surface area contributed by atoms with E-state index in [1.165, 1.54) is 19.3 Å². The number of aliphatic imine (C=N–C) groups is 1. The predicted octanol–water partition coefficient (Wildman–Crippen LogP) is 1.02. The first kappa shape index (κ1) is 11.0. The van der Waals surface area contributed by atoms with Gasteiger partial charge in [-0.25, -0.2) is 5.84 Å². The monoisotopic (exact) mass is 219 g/mol. The molecule has 16 heavy (non-hydrogen) atoms. The molecule has 0 radical (unpaired) electrons. The highest BCUT2D eigenvalue weighted by molar-refractivity contribution is 5.98. The van der Waals surface area contributed by atoms with Crippen LogP contribution < -0.4 is 11.3 Å². The minimum atomic E-state index is 0.396. The Morgan fingerprint density at radius 2 is 2.12 bits per heavy atom.